The second-order valence-corrected chi connectivity index (χ2v) is 11.4. The number of rotatable bonds is 5. The van der Waals surface area contributed by atoms with Gasteiger partial charge in [-0.1, -0.05) is 32.4 Å². The molecule has 0 bridgehead atoms. The molecule has 0 amide bonds. The molecular weight excluding hydrogens is 440 g/mol. The van der Waals surface area contributed by atoms with Crippen molar-refractivity contribution in [1.82, 2.24) is 0 Å². The third-order valence-electron chi connectivity index (χ3n) is 9.24. The number of fused-ring (bicyclic) bond motifs is 2. The Bertz CT molecular complexity index is 895. The van der Waals surface area contributed by atoms with E-state index in [-0.39, 0.29) is 41.3 Å². The van der Waals surface area contributed by atoms with E-state index in [0.29, 0.717) is 19.3 Å². The molecule has 2 fully saturated rings. The van der Waals surface area contributed by atoms with Crippen LogP contribution in [-0.2, 0) is 19.1 Å². The quantitative estimate of drug-likeness (QED) is 0.436. The SMILES string of the molecule is C=C[C@@]1(C)CCC2=C(C1)C(=O)C[C@H]1[C@@](C)(CO[C@@H]3O[C@H](CO)[C@H](O)[C@@H](O)[C@@H]3O)C(=O)CC[C@]21C. The summed E-state index contributed by atoms with van der Waals surface area (Å²) in [5.41, 5.74) is 0.669. The van der Waals surface area contributed by atoms with E-state index in [2.05, 4.69) is 20.4 Å². The number of hydrogen-bond acceptors (Lipinski definition) is 8. The van der Waals surface area contributed by atoms with Gasteiger partial charge in [-0.2, -0.15) is 0 Å². The highest BCUT2D eigenvalue weighted by Gasteiger charge is 2.59. The van der Waals surface area contributed by atoms with Gasteiger partial charge in [0.2, 0.25) is 0 Å². The van der Waals surface area contributed by atoms with Crippen molar-refractivity contribution in [1.29, 1.82) is 0 Å². The van der Waals surface area contributed by atoms with Crippen molar-refractivity contribution in [3.8, 4) is 0 Å². The molecule has 0 aromatic rings. The Balaban J connectivity index is 1.60. The second-order valence-electron chi connectivity index (χ2n) is 11.4. The van der Waals surface area contributed by atoms with Crippen LogP contribution < -0.4 is 0 Å². The normalized spacial score (nSPS) is 47.3. The van der Waals surface area contributed by atoms with Gasteiger partial charge in [0.15, 0.2) is 12.1 Å². The molecule has 0 aromatic carbocycles. The fraction of sp³-hybridized carbons (Fsp3) is 0.769. The summed E-state index contributed by atoms with van der Waals surface area (Å²) in [6.07, 6.45) is -1.34. The fourth-order valence-electron chi connectivity index (χ4n) is 6.72. The van der Waals surface area contributed by atoms with Gasteiger partial charge in [-0.3, -0.25) is 9.59 Å². The van der Waals surface area contributed by atoms with Gasteiger partial charge in [-0.05, 0) is 48.0 Å². The van der Waals surface area contributed by atoms with E-state index in [4.69, 9.17) is 9.47 Å². The van der Waals surface area contributed by atoms with Gasteiger partial charge >= 0.3 is 0 Å². The first-order valence-corrected chi connectivity index (χ1v) is 12.2. The smallest absolute Gasteiger partial charge is 0.186 e. The minimum atomic E-state index is -1.55. The number of carbonyl (C=O) groups is 2. The Morgan fingerprint density at radius 1 is 1.09 bits per heavy atom. The summed E-state index contributed by atoms with van der Waals surface area (Å²) in [6, 6.07) is 0. The summed E-state index contributed by atoms with van der Waals surface area (Å²) in [5, 5.41) is 39.9. The molecule has 8 heteroatoms. The predicted molar refractivity (Wildman–Crippen MR) is 122 cm³/mol. The minimum absolute atomic E-state index is 0.00292. The summed E-state index contributed by atoms with van der Waals surface area (Å²) in [7, 11) is 0. The van der Waals surface area contributed by atoms with Crippen LogP contribution in [0.25, 0.3) is 0 Å². The van der Waals surface area contributed by atoms with Crippen LogP contribution in [0.4, 0.5) is 0 Å². The summed E-state index contributed by atoms with van der Waals surface area (Å²) >= 11 is 0. The Labute approximate surface area is 200 Å². The van der Waals surface area contributed by atoms with Crippen LogP contribution in [0, 0.1) is 22.2 Å². The molecule has 34 heavy (non-hydrogen) atoms. The van der Waals surface area contributed by atoms with E-state index in [9.17, 15) is 30.0 Å². The van der Waals surface area contributed by atoms with Crippen LogP contribution in [0.3, 0.4) is 0 Å². The Hall–Kier alpha value is -1.42. The van der Waals surface area contributed by atoms with Gasteiger partial charge in [0.25, 0.3) is 0 Å². The van der Waals surface area contributed by atoms with Crippen molar-refractivity contribution in [2.45, 2.75) is 90.0 Å². The Morgan fingerprint density at radius 3 is 2.44 bits per heavy atom. The third kappa shape index (κ3) is 3.92. The molecule has 0 aromatic heterocycles. The fourth-order valence-corrected chi connectivity index (χ4v) is 6.72. The number of hydrogen-bond donors (Lipinski definition) is 4. The van der Waals surface area contributed by atoms with Crippen molar-refractivity contribution in [2.24, 2.45) is 22.2 Å². The molecule has 4 N–H and O–H groups in total. The summed E-state index contributed by atoms with van der Waals surface area (Å²) in [6.45, 7) is 9.42. The summed E-state index contributed by atoms with van der Waals surface area (Å²) in [4.78, 5) is 26.6. The first-order valence-electron chi connectivity index (χ1n) is 12.2. The molecule has 4 aliphatic rings. The first-order chi connectivity index (χ1) is 15.9. The van der Waals surface area contributed by atoms with E-state index in [1.807, 2.05) is 13.0 Å². The Kier molecular flexibility index (Phi) is 6.72. The average Bonchev–Trinajstić information content (AvgIpc) is 2.82. The molecule has 4 rings (SSSR count). The molecule has 3 aliphatic carbocycles. The van der Waals surface area contributed by atoms with Crippen LogP contribution in [-0.4, -0.2) is 75.9 Å². The van der Waals surface area contributed by atoms with E-state index >= 15 is 0 Å². The standard InChI is InChI=1S/C26H38O8/c1-5-24(2)8-6-15-14(11-24)16(28)10-18-25(15,3)9-7-19(29)26(18,4)13-33-23-22(32)21(31)20(30)17(12-27)34-23/h5,17-18,20-23,27,30-32H,1,6-13H2,2-4H3/t17-,18-,20+,21-,22+,23-,24+,25-,26-/m1/s1. The van der Waals surface area contributed by atoms with Crippen LogP contribution in [0.2, 0.25) is 0 Å². The number of ketones is 2. The Morgan fingerprint density at radius 2 is 1.79 bits per heavy atom. The minimum Gasteiger partial charge on any atom is -0.394 e. The predicted octanol–water partition coefficient (Wildman–Crippen LogP) is 1.44. The zero-order valence-electron chi connectivity index (χ0n) is 20.3. The number of carbonyl (C=O) groups excluding carboxylic acids is 2. The topological polar surface area (TPSA) is 134 Å². The zero-order chi connectivity index (χ0) is 25.1. The monoisotopic (exact) mass is 478 g/mol. The van der Waals surface area contributed by atoms with Gasteiger partial charge in [-0.25, -0.2) is 0 Å². The lowest BCUT2D eigenvalue weighted by molar-refractivity contribution is -0.307. The number of Topliss-reactive ketones (excluding diaryl/α,β-unsaturated/α-hetero) is 2. The number of aliphatic hydroxyl groups excluding tert-OH is 4. The molecule has 190 valence electrons. The maximum absolute atomic E-state index is 13.3. The van der Waals surface area contributed by atoms with Crippen molar-refractivity contribution in [3.63, 3.8) is 0 Å². The van der Waals surface area contributed by atoms with Crippen LogP contribution in [0.1, 0.15) is 59.3 Å². The van der Waals surface area contributed by atoms with Crippen molar-refractivity contribution in [3.05, 3.63) is 23.8 Å². The van der Waals surface area contributed by atoms with Crippen LogP contribution >= 0.6 is 0 Å². The first kappa shape index (κ1) is 25.7. The highest BCUT2D eigenvalue weighted by atomic mass is 16.7. The zero-order valence-corrected chi connectivity index (χ0v) is 20.3. The van der Waals surface area contributed by atoms with Crippen molar-refractivity contribution < 1.29 is 39.5 Å². The lowest BCUT2D eigenvalue weighted by Gasteiger charge is -2.56. The highest BCUT2D eigenvalue weighted by molar-refractivity contribution is 5.99. The van der Waals surface area contributed by atoms with Gasteiger partial charge in [0.1, 0.15) is 30.2 Å². The summed E-state index contributed by atoms with van der Waals surface area (Å²) < 4.78 is 11.3. The van der Waals surface area contributed by atoms with Crippen LogP contribution in [0.5, 0.6) is 0 Å². The lowest BCUT2D eigenvalue weighted by Crippen LogP contribution is -2.60. The van der Waals surface area contributed by atoms with Gasteiger partial charge < -0.3 is 29.9 Å². The highest BCUT2D eigenvalue weighted by Crippen LogP contribution is 2.61. The molecule has 9 atom stereocenters. The number of ether oxygens (including phenoxy) is 2. The number of allylic oxidation sites excluding steroid dienone is 3. The summed E-state index contributed by atoms with van der Waals surface area (Å²) in [5.74, 6) is -0.173. The van der Waals surface area contributed by atoms with Gasteiger partial charge in [0.05, 0.1) is 18.6 Å². The van der Waals surface area contributed by atoms with Crippen molar-refractivity contribution in [2.75, 3.05) is 13.2 Å². The second kappa shape index (κ2) is 8.91. The van der Waals surface area contributed by atoms with Crippen LogP contribution in [0.15, 0.2) is 23.8 Å². The van der Waals surface area contributed by atoms with E-state index in [0.717, 1.165) is 18.4 Å². The third-order valence-corrected chi connectivity index (χ3v) is 9.24. The molecule has 1 saturated heterocycles. The van der Waals surface area contributed by atoms with Gasteiger partial charge in [-0.15, -0.1) is 6.58 Å². The van der Waals surface area contributed by atoms with E-state index in [1.54, 1.807) is 0 Å². The maximum atomic E-state index is 13.3. The molecule has 1 aliphatic heterocycles. The van der Waals surface area contributed by atoms with E-state index in [1.165, 1.54) is 5.57 Å². The molecule has 0 radical (unpaired) electrons. The molecule has 1 saturated carbocycles. The molecule has 1 heterocycles. The molecule has 8 nitrogen and oxygen atoms in total. The maximum Gasteiger partial charge on any atom is 0.186 e. The molecule has 0 spiro atoms. The average molecular weight is 479 g/mol. The lowest BCUT2D eigenvalue weighted by atomic mass is 9.47. The molecular formula is C26H38O8. The van der Waals surface area contributed by atoms with Crippen molar-refractivity contribution >= 4 is 11.6 Å². The largest absolute Gasteiger partial charge is 0.394 e. The number of aliphatic hydroxyl groups is 4. The van der Waals surface area contributed by atoms with E-state index < -0.39 is 42.7 Å². The molecule has 0 unspecified atom stereocenters. The van der Waals surface area contributed by atoms with Gasteiger partial charge in [0, 0.05) is 12.8 Å².